The molecule has 7 rings (SSSR count). The van der Waals surface area contributed by atoms with Gasteiger partial charge in [0.25, 0.3) is 6.43 Å². The molecule has 1 atom stereocenters. The number of sulfonamides is 1. The number of aromatic nitrogens is 4. The van der Waals surface area contributed by atoms with Crippen molar-refractivity contribution in [2.45, 2.75) is 81.0 Å². The molecule has 12 nitrogen and oxygen atoms in total. The summed E-state index contributed by atoms with van der Waals surface area (Å²) in [5.74, 6) is 0.333. The molecular formula is C29H40F2N8O4S2. The zero-order chi connectivity index (χ0) is 31.7. The Bertz CT molecular complexity index is 1680. The fourth-order valence-corrected chi connectivity index (χ4v) is 8.52. The van der Waals surface area contributed by atoms with Gasteiger partial charge >= 0.3 is 0 Å². The molecule has 1 saturated carbocycles. The van der Waals surface area contributed by atoms with Crippen molar-refractivity contribution in [3.8, 4) is 11.0 Å². The van der Waals surface area contributed by atoms with Crippen molar-refractivity contribution in [1.82, 2.24) is 34.5 Å². The number of piperidine rings is 1. The van der Waals surface area contributed by atoms with Crippen LogP contribution in [-0.4, -0.2) is 114 Å². The second-order valence-electron chi connectivity index (χ2n) is 13.6. The van der Waals surface area contributed by atoms with Crippen molar-refractivity contribution in [2.24, 2.45) is 0 Å². The van der Waals surface area contributed by atoms with E-state index in [1.807, 2.05) is 6.92 Å². The molecule has 0 spiro atoms. The van der Waals surface area contributed by atoms with Gasteiger partial charge in [-0.15, -0.1) is 15.3 Å². The number of hydrogen-bond acceptors (Lipinski definition) is 11. The average Bonchev–Trinajstić information content (AvgIpc) is 3.32. The molecular weight excluding hydrogens is 627 g/mol. The summed E-state index contributed by atoms with van der Waals surface area (Å²) in [6.45, 7) is 11.5. The van der Waals surface area contributed by atoms with Crippen LogP contribution in [0.3, 0.4) is 0 Å². The highest BCUT2D eigenvalue weighted by atomic mass is 32.2. The van der Waals surface area contributed by atoms with Crippen LogP contribution in [-0.2, 0) is 14.8 Å². The van der Waals surface area contributed by atoms with Crippen LogP contribution in [0.5, 0.6) is 5.88 Å². The molecule has 3 aromatic rings. The largest absolute Gasteiger partial charge is 0.473 e. The number of rotatable bonds is 9. The van der Waals surface area contributed by atoms with Gasteiger partial charge in [0, 0.05) is 50.2 Å². The molecule has 1 aliphatic carbocycles. The van der Waals surface area contributed by atoms with Crippen LogP contribution in [0.25, 0.3) is 16.0 Å². The third-order valence-electron chi connectivity index (χ3n) is 9.81. The number of piperazine rings is 1. The van der Waals surface area contributed by atoms with E-state index in [1.165, 1.54) is 4.68 Å². The number of nitrogens with zero attached hydrogens (tertiary/aromatic N) is 7. The van der Waals surface area contributed by atoms with Crippen molar-refractivity contribution in [3.05, 3.63) is 17.1 Å². The Morgan fingerprint density at radius 3 is 2.42 bits per heavy atom. The molecule has 1 unspecified atom stereocenters. The lowest BCUT2D eigenvalue weighted by molar-refractivity contribution is -0.0660. The van der Waals surface area contributed by atoms with E-state index in [1.54, 1.807) is 12.1 Å². The minimum Gasteiger partial charge on any atom is -0.473 e. The highest BCUT2D eigenvalue weighted by Gasteiger charge is 2.42. The highest BCUT2D eigenvalue weighted by Crippen LogP contribution is 2.42. The molecule has 5 heterocycles. The minimum atomic E-state index is -3.92. The molecule has 3 saturated heterocycles. The minimum absolute atomic E-state index is 0.0830. The normalized spacial score (nSPS) is 24.3. The third-order valence-corrected chi connectivity index (χ3v) is 12.3. The SMILES string of the molecule is CN1CCC(Oc2nn(-c3nnc(C(F)F)s3)c3cc(S(=O)(=O)NC4(C)CC4)cc(N4CCN(C5COC5)CC4)c23)CC1(C)C. The summed E-state index contributed by atoms with van der Waals surface area (Å²) in [5.41, 5.74) is 0.530. The van der Waals surface area contributed by atoms with Crippen molar-refractivity contribution < 1.29 is 26.7 Å². The maximum Gasteiger partial charge on any atom is 0.291 e. The Labute approximate surface area is 265 Å². The summed E-state index contributed by atoms with van der Waals surface area (Å²) in [5, 5.41) is 12.8. The Morgan fingerprint density at radius 1 is 1.09 bits per heavy atom. The lowest BCUT2D eigenvalue weighted by Crippen LogP contribution is -2.56. The average molecular weight is 667 g/mol. The van der Waals surface area contributed by atoms with E-state index in [0.717, 1.165) is 69.9 Å². The maximum atomic E-state index is 13.8. The lowest BCUT2D eigenvalue weighted by Gasteiger charge is -2.43. The van der Waals surface area contributed by atoms with E-state index in [-0.39, 0.29) is 21.7 Å². The number of likely N-dealkylation sites (tertiary alicyclic amines) is 1. The number of anilines is 1. The van der Waals surface area contributed by atoms with E-state index < -0.39 is 27.0 Å². The number of benzene rings is 1. The summed E-state index contributed by atoms with van der Waals surface area (Å²) >= 11 is 0.724. The summed E-state index contributed by atoms with van der Waals surface area (Å²) < 4.78 is 71.1. The Morgan fingerprint density at radius 2 is 1.82 bits per heavy atom. The predicted octanol–water partition coefficient (Wildman–Crippen LogP) is 3.42. The van der Waals surface area contributed by atoms with Gasteiger partial charge in [-0.2, -0.15) is 0 Å². The molecule has 0 bridgehead atoms. The number of halogens is 2. The van der Waals surface area contributed by atoms with Gasteiger partial charge in [0.2, 0.25) is 21.0 Å². The van der Waals surface area contributed by atoms with Crippen LogP contribution in [0.4, 0.5) is 14.5 Å². The standard InChI is InChI=1S/C29H40F2N8O4S2/c1-28(2)15-19(5-8-36(28)4)43-25-23-21(38-11-9-37(10-12-38)18-16-42-17-18)13-20(45(40,41)35-29(3)6-7-29)14-22(23)39(34-25)27-33-32-26(44-27)24(30)31/h13-14,18-19,24,35H,5-12,15-17H2,1-4H3. The number of alkyl halides is 2. The van der Waals surface area contributed by atoms with E-state index in [0.29, 0.717) is 41.6 Å². The molecule has 1 aromatic carbocycles. The molecule has 3 aliphatic heterocycles. The van der Waals surface area contributed by atoms with Crippen LogP contribution in [0.2, 0.25) is 0 Å². The Balaban J connectivity index is 1.36. The number of fused-ring (bicyclic) bond motifs is 1. The van der Waals surface area contributed by atoms with Crippen LogP contribution in [0, 0.1) is 0 Å². The second kappa shape index (κ2) is 11.3. The Hall–Kier alpha value is -2.50. The van der Waals surface area contributed by atoms with Gasteiger partial charge in [0.15, 0.2) is 5.01 Å². The lowest BCUT2D eigenvalue weighted by atomic mass is 9.89. The van der Waals surface area contributed by atoms with Gasteiger partial charge < -0.3 is 19.3 Å². The van der Waals surface area contributed by atoms with Crippen molar-refractivity contribution in [1.29, 1.82) is 0 Å². The maximum absolute atomic E-state index is 13.8. The Kier molecular flexibility index (Phi) is 7.84. The first-order valence-electron chi connectivity index (χ1n) is 15.5. The van der Waals surface area contributed by atoms with Gasteiger partial charge in [-0.3, -0.25) is 4.90 Å². The fourth-order valence-electron chi connectivity index (χ4n) is 6.35. The molecule has 1 N–H and O–H groups in total. The monoisotopic (exact) mass is 666 g/mol. The topological polar surface area (TPSA) is 118 Å². The quantitative estimate of drug-likeness (QED) is 0.364. The van der Waals surface area contributed by atoms with E-state index in [2.05, 4.69) is 50.5 Å². The second-order valence-corrected chi connectivity index (χ2v) is 16.3. The van der Waals surface area contributed by atoms with Crippen LogP contribution < -0.4 is 14.4 Å². The van der Waals surface area contributed by atoms with E-state index in [9.17, 15) is 17.2 Å². The molecule has 4 aliphatic rings. The van der Waals surface area contributed by atoms with Gasteiger partial charge in [0.05, 0.1) is 40.7 Å². The summed E-state index contributed by atoms with van der Waals surface area (Å²) in [7, 11) is -1.82. The first-order valence-corrected chi connectivity index (χ1v) is 17.8. The third kappa shape index (κ3) is 6.04. The highest BCUT2D eigenvalue weighted by molar-refractivity contribution is 7.89. The van der Waals surface area contributed by atoms with Crippen LogP contribution in [0.15, 0.2) is 17.0 Å². The smallest absolute Gasteiger partial charge is 0.291 e. The predicted molar refractivity (Wildman–Crippen MR) is 166 cm³/mol. The fraction of sp³-hybridized carbons (Fsp3) is 0.690. The van der Waals surface area contributed by atoms with E-state index in [4.69, 9.17) is 14.6 Å². The molecule has 0 amide bonds. The zero-order valence-corrected chi connectivity index (χ0v) is 27.6. The number of nitrogens with one attached hydrogen (secondary N) is 1. The summed E-state index contributed by atoms with van der Waals surface area (Å²) in [4.78, 5) is 6.97. The van der Waals surface area contributed by atoms with Gasteiger partial charge in [-0.1, -0.05) is 11.3 Å². The summed E-state index contributed by atoms with van der Waals surface area (Å²) in [6.07, 6.45) is 0.143. The number of hydrogen-bond donors (Lipinski definition) is 1. The van der Waals surface area contributed by atoms with Crippen LogP contribution in [0.1, 0.15) is 57.9 Å². The van der Waals surface area contributed by atoms with Crippen molar-refractivity contribution in [2.75, 3.05) is 57.9 Å². The zero-order valence-electron chi connectivity index (χ0n) is 26.0. The molecule has 0 radical (unpaired) electrons. The van der Waals surface area contributed by atoms with E-state index >= 15 is 0 Å². The molecule has 2 aromatic heterocycles. The van der Waals surface area contributed by atoms with Gasteiger partial charge in [-0.05, 0) is 59.2 Å². The first kappa shape index (κ1) is 31.1. The van der Waals surface area contributed by atoms with Crippen molar-refractivity contribution >= 4 is 38.0 Å². The molecule has 45 heavy (non-hydrogen) atoms. The van der Waals surface area contributed by atoms with Crippen molar-refractivity contribution in [3.63, 3.8) is 0 Å². The molecule has 4 fully saturated rings. The molecule has 16 heteroatoms. The first-order chi connectivity index (χ1) is 21.3. The van der Waals surface area contributed by atoms with Gasteiger partial charge in [0.1, 0.15) is 6.10 Å². The van der Waals surface area contributed by atoms with Gasteiger partial charge in [-0.25, -0.2) is 26.6 Å². The number of ether oxygens (including phenoxy) is 2. The summed E-state index contributed by atoms with van der Waals surface area (Å²) in [6, 6.07) is 3.66. The molecule has 246 valence electrons. The van der Waals surface area contributed by atoms with Crippen LogP contribution >= 0.6 is 11.3 Å².